The summed E-state index contributed by atoms with van der Waals surface area (Å²) in [4.78, 5) is 34.7. The molecule has 0 heterocycles. The third-order valence-electron chi connectivity index (χ3n) is 3.59. The highest BCUT2D eigenvalue weighted by Crippen LogP contribution is 2.19. The minimum Gasteiger partial charge on any atom is -0.497 e. The Labute approximate surface area is 169 Å². The van der Waals surface area contributed by atoms with Crippen molar-refractivity contribution in [3.8, 4) is 5.75 Å². The lowest BCUT2D eigenvalue weighted by atomic mass is 10.2. The summed E-state index contributed by atoms with van der Waals surface area (Å²) in [6, 6.07) is 8.98. The number of carbonyl (C=O) groups excluding carboxylic acids is 3. The fourth-order valence-corrected chi connectivity index (χ4v) is 2.82. The molecule has 0 fully saturated rings. The summed E-state index contributed by atoms with van der Waals surface area (Å²) in [5.41, 5.74) is 0.218. The third-order valence-corrected chi connectivity index (χ3v) is 4.99. The fraction of sp³-hybridized carbons (Fsp3) is 0.167. The lowest BCUT2D eigenvalue weighted by Gasteiger charge is -2.08. The molecule has 0 saturated heterocycles. The van der Waals surface area contributed by atoms with Gasteiger partial charge in [0.15, 0.2) is 6.61 Å². The monoisotopic (exact) mass is 442 g/mol. The van der Waals surface area contributed by atoms with Crippen molar-refractivity contribution in [1.29, 1.82) is 0 Å². The molecule has 0 atom stereocenters. The van der Waals surface area contributed by atoms with Crippen molar-refractivity contribution in [3.05, 3.63) is 54.1 Å². The van der Waals surface area contributed by atoms with Crippen LogP contribution in [0.15, 0.2) is 53.4 Å². The van der Waals surface area contributed by atoms with E-state index in [4.69, 9.17) is 9.47 Å². The van der Waals surface area contributed by atoms with E-state index in [0.29, 0.717) is 11.4 Å². The number of ether oxygens (including phenoxy) is 2. The Morgan fingerprint density at radius 3 is 2.13 bits per heavy atom. The summed E-state index contributed by atoms with van der Waals surface area (Å²) in [5, 5.41) is 4.33. The molecule has 0 aliphatic heterocycles. The Bertz CT molecular complexity index is 1020. The van der Waals surface area contributed by atoms with Crippen LogP contribution in [0.1, 0.15) is 10.4 Å². The second-order valence-corrected chi connectivity index (χ2v) is 7.55. The molecular weight excluding hydrogens is 426 g/mol. The minimum absolute atomic E-state index is 0.168. The molecule has 12 heteroatoms. The van der Waals surface area contributed by atoms with E-state index in [0.717, 1.165) is 24.3 Å². The summed E-state index contributed by atoms with van der Waals surface area (Å²) in [7, 11) is -3.31. The second-order valence-electron chi connectivity index (χ2n) is 5.64. The van der Waals surface area contributed by atoms with Gasteiger partial charge in [0.1, 0.15) is 5.75 Å². The Balaban J connectivity index is 1.85. The number of anilines is 1. The van der Waals surface area contributed by atoms with Gasteiger partial charge in [0.25, 0.3) is 5.91 Å². The van der Waals surface area contributed by atoms with Crippen LogP contribution in [0.3, 0.4) is 0 Å². The quantitative estimate of drug-likeness (QED) is 0.629. The first-order valence-electron chi connectivity index (χ1n) is 8.17. The van der Waals surface area contributed by atoms with Crippen LogP contribution in [-0.4, -0.2) is 45.8 Å². The van der Waals surface area contributed by atoms with E-state index in [2.05, 4.69) is 5.32 Å². The molecule has 2 aromatic rings. The van der Waals surface area contributed by atoms with Gasteiger partial charge in [0.05, 0.1) is 17.6 Å². The van der Waals surface area contributed by atoms with Crippen molar-refractivity contribution in [1.82, 2.24) is 5.32 Å². The van der Waals surface area contributed by atoms with Crippen molar-refractivity contribution in [2.45, 2.75) is 10.7 Å². The first-order chi connectivity index (χ1) is 14.1. The predicted molar refractivity (Wildman–Crippen MR) is 100 cm³/mol. The molecule has 0 aromatic heterocycles. The highest BCUT2D eigenvalue weighted by Gasteiger charge is 2.26. The van der Waals surface area contributed by atoms with Crippen LogP contribution in [0.25, 0.3) is 0 Å². The Morgan fingerprint density at radius 1 is 1.00 bits per heavy atom. The first kappa shape index (κ1) is 22.7. The molecule has 2 N–H and O–H groups in total. The van der Waals surface area contributed by atoms with Crippen molar-refractivity contribution < 1.29 is 41.1 Å². The van der Waals surface area contributed by atoms with Gasteiger partial charge in [-0.25, -0.2) is 18.0 Å². The van der Waals surface area contributed by atoms with Gasteiger partial charge in [0.2, 0.25) is 9.84 Å². The summed E-state index contributed by atoms with van der Waals surface area (Å²) < 4.78 is 57.3. The summed E-state index contributed by atoms with van der Waals surface area (Å²) in [5.74, 6) is -4.96. The molecule has 0 spiro atoms. The summed E-state index contributed by atoms with van der Waals surface area (Å²) >= 11 is 0. The summed E-state index contributed by atoms with van der Waals surface area (Å²) in [6.45, 7) is -0.800. The smallest absolute Gasteiger partial charge is 0.341 e. The van der Waals surface area contributed by atoms with Crippen LogP contribution >= 0.6 is 0 Å². The van der Waals surface area contributed by atoms with Crippen LogP contribution in [-0.2, 0) is 19.4 Å². The number of hydrogen-bond donors (Lipinski definition) is 2. The van der Waals surface area contributed by atoms with E-state index >= 15 is 0 Å². The molecule has 2 rings (SSSR count). The van der Waals surface area contributed by atoms with Gasteiger partial charge in [-0.2, -0.15) is 8.78 Å². The molecule has 3 amide bonds. The molecule has 30 heavy (non-hydrogen) atoms. The van der Waals surface area contributed by atoms with E-state index < -0.39 is 45.0 Å². The Kier molecular flexibility index (Phi) is 7.42. The molecular formula is C18H16F2N2O7S. The van der Waals surface area contributed by atoms with E-state index in [9.17, 15) is 31.6 Å². The van der Waals surface area contributed by atoms with Gasteiger partial charge < -0.3 is 14.8 Å². The maximum atomic E-state index is 12.5. The van der Waals surface area contributed by atoms with Crippen molar-refractivity contribution in [3.63, 3.8) is 0 Å². The molecule has 0 unspecified atom stereocenters. The van der Waals surface area contributed by atoms with Gasteiger partial charge in [-0.3, -0.25) is 10.1 Å². The first-order valence-corrected chi connectivity index (χ1v) is 9.72. The number of hydrogen-bond acceptors (Lipinski definition) is 7. The SMILES string of the molecule is COc1ccc(NC(=O)NC(=O)COC(=O)c2ccc(S(=O)(=O)C(F)F)cc2)cc1. The van der Waals surface area contributed by atoms with E-state index in [1.54, 1.807) is 24.3 Å². The van der Waals surface area contributed by atoms with Crippen LogP contribution in [0.5, 0.6) is 5.75 Å². The van der Waals surface area contributed by atoms with Crippen LogP contribution in [0.4, 0.5) is 19.3 Å². The van der Waals surface area contributed by atoms with E-state index in [1.807, 2.05) is 5.32 Å². The average molecular weight is 442 g/mol. The number of imide groups is 1. The van der Waals surface area contributed by atoms with Gasteiger partial charge >= 0.3 is 17.8 Å². The maximum absolute atomic E-state index is 12.5. The van der Waals surface area contributed by atoms with Crippen LogP contribution < -0.4 is 15.4 Å². The van der Waals surface area contributed by atoms with Crippen molar-refractivity contribution >= 4 is 33.4 Å². The standard InChI is InChI=1S/C18H16F2N2O7S/c1-28-13-6-4-12(5-7-13)21-18(25)22-15(23)10-29-16(24)11-2-8-14(9-3-11)30(26,27)17(19)20/h2-9,17H,10H2,1H3,(H2,21,22,23,25). The summed E-state index contributed by atoms with van der Waals surface area (Å²) in [6.07, 6.45) is 0. The molecule has 0 radical (unpaired) electrons. The normalized spacial score (nSPS) is 10.9. The van der Waals surface area contributed by atoms with Crippen LogP contribution in [0, 0.1) is 0 Å². The van der Waals surface area contributed by atoms with Gasteiger partial charge in [0, 0.05) is 5.69 Å². The minimum atomic E-state index is -4.79. The topological polar surface area (TPSA) is 128 Å². The molecule has 0 bridgehead atoms. The highest BCUT2D eigenvalue weighted by molar-refractivity contribution is 7.91. The van der Waals surface area contributed by atoms with Crippen molar-refractivity contribution in [2.24, 2.45) is 0 Å². The molecule has 160 valence electrons. The number of benzene rings is 2. The van der Waals surface area contributed by atoms with Gasteiger partial charge in [-0.05, 0) is 48.5 Å². The molecule has 0 saturated carbocycles. The molecule has 0 aliphatic rings. The van der Waals surface area contributed by atoms with E-state index in [1.165, 1.54) is 7.11 Å². The maximum Gasteiger partial charge on any atom is 0.341 e. The molecule has 2 aromatic carbocycles. The van der Waals surface area contributed by atoms with Crippen molar-refractivity contribution in [2.75, 3.05) is 19.0 Å². The zero-order valence-electron chi connectivity index (χ0n) is 15.4. The Hall–Kier alpha value is -3.54. The number of carbonyl (C=O) groups is 3. The largest absolute Gasteiger partial charge is 0.497 e. The number of urea groups is 1. The number of sulfone groups is 1. The number of rotatable bonds is 7. The number of nitrogens with one attached hydrogen (secondary N) is 2. The van der Waals surface area contributed by atoms with E-state index in [-0.39, 0.29) is 5.56 Å². The zero-order chi connectivity index (χ0) is 22.3. The lowest BCUT2D eigenvalue weighted by Crippen LogP contribution is -2.37. The van der Waals surface area contributed by atoms with Crippen LogP contribution in [0.2, 0.25) is 0 Å². The fourth-order valence-electron chi connectivity index (χ4n) is 2.10. The van der Waals surface area contributed by atoms with Gasteiger partial charge in [-0.1, -0.05) is 0 Å². The number of methoxy groups -OCH3 is 1. The predicted octanol–water partition coefficient (Wildman–Crippen LogP) is 2.20. The van der Waals surface area contributed by atoms with Gasteiger partial charge in [-0.15, -0.1) is 0 Å². The lowest BCUT2D eigenvalue weighted by molar-refractivity contribution is -0.123. The number of halogens is 2. The molecule has 9 nitrogen and oxygen atoms in total. The highest BCUT2D eigenvalue weighted by atomic mass is 32.2. The zero-order valence-corrected chi connectivity index (χ0v) is 16.2. The number of esters is 1. The Morgan fingerprint density at radius 2 is 1.60 bits per heavy atom. The number of amides is 3. The number of alkyl halides is 2. The molecule has 0 aliphatic carbocycles. The average Bonchev–Trinajstić information content (AvgIpc) is 2.72. The second kappa shape index (κ2) is 9.78. The third kappa shape index (κ3) is 5.98.